The normalized spacial score (nSPS) is 21.8. The second-order valence-electron chi connectivity index (χ2n) is 4.91. The number of hydrogen-bond acceptors (Lipinski definition) is 6. The largest absolute Gasteiger partial charge is 0.379 e. The number of nitrogens with zero attached hydrogens (tertiary/aromatic N) is 2. The van der Waals surface area contributed by atoms with Crippen molar-refractivity contribution in [3.8, 4) is 0 Å². The maximum atomic E-state index is 11.8. The number of aromatic nitrogens is 2. The van der Waals surface area contributed by atoms with Crippen LogP contribution >= 0.6 is 0 Å². The summed E-state index contributed by atoms with van der Waals surface area (Å²) in [4.78, 5) is 20.2. The third kappa shape index (κ3) is 4.95. The Bertz CT molecular complexity index is 469. The molecule has 1 fully saturated rings. The van der Waals surface area contributed by atoms with Crippen LogP contribution in [-0.2, 0) is 14.3 Å². The van der Waals surface area contributed by atoms with Gasteiger partial charge in [-0.05, 0) is 26.3 Å². The molecule has 1 aliphatic rings. The van der Waals surface area contributed by atoms with Gasteiger partial charge in [0.05, 0.1) is 18.7 Å². The van der Waals surface area contributed by atoms with Gasteiger partial charge in [0.25, 0.3) is 0 Å². The number of amides is 1. The highest BCUT2D eigenvalue weighted by molar-refractivity contribution is 5.77. The first-order chi connectivity index (χ1) is 10.2. The van der Waals surface area contributed by atoms with E-state index in [2.05, 4.69) is 20.6 Å². The molecule has 1 aromatic rings. The number of hydrogen-bond donors (Lipinski definition) is 2. The van der Waals surface area contributed by atoms with Gasteiger partial charge in [0.15, 0.2) is 0 Å². The Morgan fingerprint density at radius 2 is 2.38 bits per heavy atom. The van der Waals surface area contributed by atoms with Crippen molar-refractivity contribution >= 4 is 11.7 Å². The predicted molar refractivity (Wildman–Crippen MR) is 78.0 cm³/mol. The molecule has 7 heteroatoms. The number of carbonyl (C=O) groups is 1. The van der Waals surface area contributed by atoms with E-state index in [0.29, 0.717) is 25.6 Å². The highest BCUT2D eigenvalue weighted by Gasteiger charge is 2.27. The summed E-state index contributed by atoms with van der Waals surface area (Å²) >= 11 is 0. The third-order valence-electron chi connectivity index (χ3n) is 3.25. The molecule has 2 rings (SSSR count). The summed E-state index contributed by atoms with van der Waals surface area (Å²) in [5.41, 5.74) is 0. The standard InChI is InChI=1S/C14H22N4O3/c1-3-20-9-14(19)18-11-5-7-21-8-12(11)17-13-4-6-15-10(2)16-13/h4,6,11-12H,3,5,7-9H2,1-2H3,(H,18,19)(H,15,16,17)/t11-,12+/m0/s1. The molecule has 1 amide bonds. The molecule has 1 aromatic heterocycles. The predicted octanol–water partition coefficient (Wildman–Crippen LogP) is 0.507. The number of aryl methyl sites for hydroxylation is 1. The minimum Gasteiger partial charge on any atom is -0.379 e. The number of ether oxygens (including phenoxy) is 2. The van der Waals surface area contributed by atoms with E-state index in [4.69, 9.17) is 9.47 Å². The smallest absolute Gasteiger partial charge is 0.246 e. The minimum absolute atomic E-state index is 0.00183. The van der Waals surface area contributed by atoms with E-state index in [0.717, 1.165) is 12.2 Å². The maximum Gasteiger partial charge on any atom is 0.246 e. The average molecular weight is 294 g/mol. The summed E-state index contributed by atoms with van der Waals surface area (Å²) in [6, 6.07) is 1.79. The van der Waals surface area contributed by atoms with Crippen LogP contribution in [0.15, 0.2) is 12.3 Å². The molecule has 0 unspecified atom stereocenters. The van der Waals surface area contributed by atoms with Crippen LogP contribution in [0.3, 0.4) is 0 Å². The van der Waals surface area contributed by atoms with E-state index in [9.17, 15) is 4.79 Å². The van der Waals surface area contributed by atoms with E-state index >= 15 is 0 Å². The van der Waals surface area contributed by atoms with Crippen molar-refractivity contribution in [1.29, 1.82) is 0 Å². The lowest BCUT2D eigenvalue weighted by molar-refractivity contribution is -0.127. The summed E-state index contributed by atoms with van der Waals surface area (Å²) in [5.74, 6) is 1.34. The summed E-state index contributed by atoms with van der Waals surface area (Å²) in [5, 5.41) is 6.29. The number of rotatable bonds is 6. The Morgan fingerprint density at radius 1 is 1.52 bits per heavy atom. The molecule has 2 N–H and O–H groups in total. The van der Waals surface area contributed by atoms with Crippen LogP contribution in [-0.4, -0.2) is 54.4 Å². The van der Waals surface area contributed by atoms with E-state index in [1.54, 1.807) is 12.3 Å². The van der Waals surface area contributed by atoms with E-state index in [1.165, 1.54) is 0 Å². The Balaban J connectivity index is 1.93. The summed E-state index contributed by atoms with van der Waals surface area (Å²) in [7, 11) is 0. The van der Waals surface area contributed by atoms with Crippen molar-refractivity contribution < 1.29 is 14.3 Å². The SMILES string of the molecule is CCOCC(=O)N[C@H]1CCOC[C@H]1Nc1ccnc(C)n1. The molecular weight excluding hydrogens is 272 g/mol. The second kappa shape index (κ2) is 7.90. The molecule has 2 heterocycles. The van der Waals surface area contributed by atoms with Gasteiger partial charge >= 0.3 is 0 Å². The molecular formula is C14H22N4O3. The van der Waals surface area contributed by atoms with E-state index in [1.807, 2.05) is 13.8 Å². The molecule has 0 radical (unpaired) electrons. The molecule has 21 heavy (non-hydrogen) atoms. The van der Waals surface area contributed by atoms with Gasteiger partial charge in [0.2, 0.25) is 5.91 Å². The number of nitrogens with one attached hydrogen (secondary N) is 2. The summed E-state index contributed by atoms with van der Waals surface area (Å²) in [6.45, 7) is 5.49. The second-order valence-corrected chi connectivity index (χ2v) is 4.91. The van der Waals surface area contributed by atoms with Crippen molar-refractivity contribution in [2.24, 2.45) is 0 Å². The van der Waals surface area contributed by atoms with Crippen molar-refractivity contribution in [2.75, 3.05) is 31.7 Å². The van der Waals surface area contributed by atoms with Gasteiger partial charge in [0, 0.05) is 19.4 Å². The zero-order chi connectivity index (χ0) is 15.1. The maximum absolute atomic E-state index is 11.8. The topological polar surface area (TPSA) is 85.4 Å². The molecule has 7 nitrogen and oxygen atoms in total. The van der Waals surface area contributed by atoms with Gasteiger partial charge in [-0.15, -0.1) is 0 Å². The van der Waals surface area contributed by atoms with Crippen LogP contribution < -0.4 is 10.6 Å². The summed E-state index contributed by atoms with van der Waals surface area (Å²) < 4.78 is 10.6. The Hall–Kier alpha value is -1.73. The molecule has 116 valence electrons. The van der Waals surface area contributed by atoms with Crippen LogP contribution in [0.2, 0.25) is 0 Å². The first-order valence-corrected chi connectivity index (χ1v) is 7.20. The third-order valence-corrected chi connectivity index (χ3v) is 3.25. The van der Waals surface area contributed by atoms with Crippen LogP contribution in [0.5, 0.6) is 0 Å². The molecule has 0 aliphatic carbocycles. The highest BCUT2D eigenvalue weighted by atomic mass is 16.5. The van der Waals surface area contributed by atoms with Crippen molar-refractivity contribution in [3.63, 3.8) is 0 Å². The molecule has 0 bridgehead atoms. The fourth-order valence-corrected chi connectivity index (χ4v) is 2.22. The lowest BCUT2D eigenvalue weighted by Crippen LogP contribution is -2.53. The van der Waals surface area contributed by atoms with Gasteiger partial charge in [-0.25, -0.2) is 9.97 Å². The van der Waals surface area contributed by atoms with Crippen LogP contribution in [0, 0.1) is 6.92 Å². The van der Waals surface area contributed by atoms with Gasteiger partial charge in [-0.3, -0.25) is 4.79 Å². The quantitative estimate of drug-likeness (QED) is 0.795. The number of carbonyl (C=O) groups excluding carboxylic acids is 1. The van der Waals surface area contributed by atoms with Crippen LogP contribution in [0.25, 0.3) is 0 Å². The van der Waals surface area contributed by atoms with Gasteiger partial charge < -0.3 is 20.1 Å². The summed E-state index contributed by atoms with van der Waals surface area (Å²) in [6.07, 6.45) is 2.47. The van der Waals surface area contributed by atoms with Crippen LogP contribution in [0.1, 0.15) is 19.2 Å². The van der Waals surface area contributed by atoms with Crippen molar-refractivity contribution in [2.45, 2.75) is 32.4 Å². The average Bonchev–Trinajstić information content (AvgIpc) is 2.47. The molecule has 0 saturated carbocycles. The first-order valence-electron chi connectivity index (χ1n) is 7.20. The Morgan fingerprint density at radius 3 is 3.14 bits per heavy atom. The zero-order valence-electron chi connectivity index (χ0n) is 12.5. The zero-order valence-corrected chi connectivity index (χ0v) is 12.5. The van der Waals surface area contributed by atoms with E-state index < -0.39 is 0 Å². The minimum atomic E-state index is -0.102. The fourth-order valence-electron chi connectivity index (χ4n) is 2.22. The Labute approximate surface area is 124 Å². The molecule has 0 aromatic carbocycles. The first kappa shape index (κ1) is 15.7. The van der Waals surface area contributed by atoms with Crippen LogP contribution in [0.4, 0.5) is 5.82 Å². The molecule has 1 aliphatic heterocycles. The van der Waals surface area contributed by atoms with Gasteiger partial charge in [-0.1, -0.05) is 0 Å². The highest BCUT2D eigenvalue weighted by Crippen LogP contribution is 2.13. The van der Waals surface area contributed by atoms with Crippen molar-refractivity contribution in [1.82, 2.24) is 15.3 Å². The number of anilines is 1. The Kier molecular flexibility index (Phi) is 5.89. The van der Waals surface area contributed by atoms with Gasteiger partial charge in [0.1, 0.15) is 18.2 Å². The van der Waals surface area contributed by atoms with Gasteiger partial charge in [-0.2, -0.15) is 0 Å². The molecule has 1 saturated heterocycles. The lowest BCUT2D eigenvalue weighted by atomic mass is 10.0. The van der Waals surface area contributed by atoms with Crippen molar-refractivity contribution in [3.05, 3.63) is 18.1 Å². The molecule has 0 spiro atoms. The fraction of sp³-hybridized carbons (Fsp3) is 0.643. The monoisotopic (exact) mass is 294 g/mol. The lowest BCUT2D eigenvalue weighted by Gasteiger charge is -2.33. The molecule has 2 atom stereocenters. The van der Waals surface area contributed by atoms with E-state index in [-0.39, 0.29) is 24.6 Å².